The van der Waals surface area contributed by atoms with Crippen molar-refractivity contribution in [3.05, 3.63) is 47.8 Å². The van der Waals surface area contributed by atoms with Crippen molar-refractivity contribution in [1.82, 2.24) is 0 Å². The van der Waals surface area contributed by atoms with Gasteiger partial charge >= 0.3 is 0 Å². The van der Waals surface area contributed by atoms with Crippen LogP contribution in [-0.4, -0.2) is 18.3 Å². The van der Waals surface area contributed by atoms with Crippen LogP contribution in [0.25, 0.3) is 0 Å². The van der Waals surface area contributed by atoms with Gasteiger partial charge in [-0.05, 0) is 37.3 Å². The summed E-state index contributed by atoms with van der Waals surface area (Å²) in [5.74, 6) is 1.02. The molecule has 0 spiro atoms. The molecule has 1 heterocycles. The summed E-state index contributed by atoms with van der Waals surface area (Å²) in [6, 6.07) is 10.4. The van der Waals surface area contributed by atoms with E-state index in [2.05, 4.69) is 0 Å². The third kappa shape index (κ3) is 2.99. The van der Waals surface area contributed by atoms with Crippen molar-refractivity contribution in [3.8, 4) is 11.5 Å². The van der Waals surface area contributed by atoms with Crippen LogP contribution in [0.1, 0.15) is 18.6 Å². The van der Waals surface area contributed by atoms with Crippen LogP contribution in [0.3, 0.4) is 0 Å². The van der Waals surface area contributed by atoms with Crippen LogP contribution < -0.4 is 9.47 Å². The maximum atomic E-state index is 13.9. The predicted octanol–water partition coefficient (Wildman–Crippen LogP) is 3.80. The minimum absolute atomic E-state index is 0.317. The molecule has 0 fully saturated rings. The van der Waals surface area contributed by atoms with Gasteiger partial charge in [0.15, 0.2) is 11.5 Å². The molecule has 1 aliphatic heterocycles. The van der Waals surface area contributed by atoms with Gasteiger partial charge in [0.05, 0.1) is 6.10 Å². The van der Waals surface area contributed by atoms with E-state index in [0.29, 0.717) is 29.4 Å². The number of hydrogen-bond donors (Lipinski definition) is 1. The molecule has 2 aromatic rings. The lowest BCUT2D eigenvalue weighted by molar-refractivity contribution is 0.171. The highest BCUT2D eigenvalue weighted by atomic mass is 32.2. The summed E-state index contributed by atoms with van der Waals surface area (Å²) in [6.45, 7) is 2.64. The highest BCUT2D eigenvalue weighted by molar-refractivity contribution is 7.99. The summed E-state index contributed by atoms with van der Waals surface area (Å²) < 4.78 is 24.9. The van der Waals surface area contributed by atoms with E-state index in [1.165, 1.54) is 17.8 Å². The van der Waals surface area contributed by atoms with Gasteiger partial charge in [-0.1, -0.05) is 17.8 Å². The van der Waals surface area contributed by atoms with E-state index in [0.717, 1.165) is 10.6 Å². The topological polar surface area (TPSA) is 38.7 Å². The van der Waals surface area contributed by atoms with Gasteiger partial charge in [-0.2, -0.15) is 0 Å². The average molecular weight is 306 g/mol. The molecule has 0 unspecified atom stereocenters. The fraction of sp³-hybridized carbons (Fsp3) is 0.250. The number of fused-ring (bicyclic) bond motifs is 1. The number of ether oxygens (including phenoxy) is 2. The summed E-state index contributed by atoms with van der Waals surface area (Å²) >= 11 is 1.39. The Morgan fingerprint density at radius 1 is 1.14 bits per heavy atom. The Labute approximate surface area is 126 Å². The van der Waals surface area contributed by atoms with E-state index in [1.807, 2.05) is 18.2 Å². The van der Waals surface area contributed by atoms with Gasteiger partial charge in [0.1, 0.15) is 19.0 Å². The van der Waals surface area contributed by atoms with Crippen molar-refractivity contribution in [2.75, 3.05) is 13.2 Å². The van der Waals surface area contributed by atoms with E-state index < -0.39 is 11.9 Å². The second-order valence-electron chi connectivity index (χ2n) is 4.74. The van der Waals surface area contributed by atoms with Crippen molar-refractivity contribution < 1.29 is 19.0 Å². The van der Waals surface area contributed by atoms with Crippen LogP contribution in [0, 0.1) is 5.82 Å². The molecule has 110 valence electrons. The van der Waals surface area contributed by atoms with Gasteiger partial charge in [0.2, 0.25) is 0 Å². The Kier molecular flexibility index (Phi) is 4.03. The quantitative estimate of drug-likeness (QED) is 0.936. The molecule has 0 saturated carbocycles. The molecule has 1 N–H and O–H groups in total. The van der Waals surface area contributed by atoms with Crippen molar-refractivity contribution in [1.29, 1.82) is 0 Å². The van der Waals surface area contributed by atoms with Gasteiger partial charge in [-0.15, -0.1) is 0 Å². The van der Waals surface area contributed by atoms with E-state index >= 15 is 0 Å². The normalized spacial score (nSPS) is 14.8. The molecule has 0 bridgehead atoms. The standard InChI is InChI=1S/C16H15FO3S/c1-10(18)16-12(17)3-2-4-15(16)21-11-5-6-13-14(9-11)20-8-7-19-13/h2-6,9-10,18H,7-8H2,1H3/t10-/m0/s1. The number of aliphatic hydroxyl groups is 1. The predicted molar refractivity (Wildman–Crippen MR) is 78.6 cm³/mol. The summed E-state index contributed by atoms with van der Waals surface area (Å²) in [5, 5.41) is 9.76. The van der Waals surface area contributed by atoms with Crippen LogP contribution in [0.5, 0.6) is 11.5 Å². The fourth-order valence-electron chi connectivity index (χ4n) is 2.23. The summed E-state index contributed by atoms with van der Waals surface area (Å²) in [6.07, 6.45) is -0.856. The van der Waals surface area contributed by atoms with Crippen molar-refractivity contribution in [2.24, 2.45) is 0 Å². The van der Waals surface area contributed by atoms with Crippen LogP contribution in [0.15, 0.2) is 46.2 Å². The molecule has 3 rings (SSSR count). The smallest absolute Gasteiger partial charge is 0.162 e. The summed E-state index contributed by atoms with van der Waals surface area (Å²) in [4.78, 5) is 1.61. The molecule has 1 atom stereocenters. The Bertz CT molecular complexity index is 658. The van der Waals surface area contributed by atoms with Crippen molar-refractivity contribution in [2.45, 2.75) is 22.8 Å². The molecule has 5 heteroatoms. The second kappa shape index (κ2) is 5.95. The second-order valence-corrected chi connectivity index (χ2v) is 5.85. The molecule has 2 aromatic carbocycles. The lowest BCUT2D eigenvalue weighted by atomic mass is 10.1. The van der Waals surface area contributed by atoms with Crippen molar-refractivity contribution >= 4 is 11.8 Å². The number of aliphatic hydroxyl groups excluding tert-OH is 1. The molecular weight excluding hydrogens is 291 g/mol. The van der Waals surface area contributed by atoms with Gasteiger partial charge in [-0.25, -0.2) is 4.39 Å². The third-order valence-corrected chi connectivity index (χ3v) is 4.24. The van der Waals surface area contributed by atoms with Gasteiger partial charge in [0.25, 0.3) is 0 Å². The third-order valence-electron chi connectivity index (χ3n) is 3.17. The molecular formula is C16H15FO3S. The number of halogens is 1. The van der Waals surface area contributed by atoms with Crippen LogP contribution >= 0.6 is 11.8 Å². The van der Waals surface area contributed by atoms with E-state index in [4.69, 9.17) is 9.47 Å². The Hall–Kier alpha value is -1.72. The van der Waals surface area contributed by atoms with Gasteiger partial charge < -0.3 is 14.6 Å². The first kappa shape index (κ1) is 14.2. The highest BCUT2D eigenvalue weighted by Crippen LogP contribution is 2.39. The molecule has 1 aliphatic rings. The lowest BCUT2D eigenvalue weighted by Gasteiger charge is -2.19. The van der Waals surface area contributed by atoms with E-state index in [9.17, 15) is 9.50 Å². The zero-order valence-corrected chi connectivity index (χ0v) is 12.3. The minimum atomic E-state index is -0.856. The molecule has 0 aliphatic carbocycles. The number of benzene rings is 2. The highest BCUT2D eigenvalue weighted by Gasteiger charge is 2.16. The zero-order chi connectivity index (χ0) is 14.8. The van der Waals surface area contributed by atoms with Gasteiger partial charge in [0, 0.05) is 15.4 Å². The Balaban J connectivity index is 1.92. The Morgan fingerprint density at radius 2 is 1.90 bits per heavy atom. The lowest BCUT2D eigenvalue weighted by Crippen LogP contribution is -2.15. The minimum Gasteiger partial charge on any atom is -0.486 e. The van der Waals surface area contributed by atoms with E-state index in [-0.39, 0.29) is 0 Å². The number of rotatable bonds is 3. The monoisotopic (exact) mass is 306 g/mol. The first-order chi connectivity index (χ1) is 10.1. The van der Waals surface area contributed by atoms with Crippen LogP contribution in [0.2, 0.25) is 0 Å². The van der Waals surface area contributed by atoms with E-state index in [1.54, 1.807) is 19.1 Å². The summed E-state index contributed by atoms with van der Waals surface area (Å²) in [5.41, 5.74) is 0.317. The van der Waals surface area contributed by atoms with Gasteiger partial charge in [-0.3, -0.25) is 0 Å². The molecule has 0 aromatic heterocycles. The molecule has 3 nitrogen and oxygen atoms in total. The fourth-order valence-corrected chi connectivity index (χ4v) is 3.31. The largest absolute Gasteiger partial charge is 0.486 e. The SMILES string of the molecule is C[C@H](O)c1c(F)cccc1Sc1ccc2c(c1)OCCO2. The zero-order valence-electron chi connectivity index (χ0n) is 11.5. The molecule has 0 saturated heterocycles. The molecule has 0 amide bonds. The maximum absolute atomic E-state index is 13.9. The summed E-state index contributed by atoms with van der Waals surface area (Å²) in [7, 11) is 0. The first-order valence-electron chi connectivity index (χ1n) is 6.69. The first-order valence-corrected chi connectivity index (χ1v) is 7.51. The average Bonchev–Trinajstić information content (AvgIpc) is 2.47. The number of hydrogen-bond acceptors (Lipinski definition) is 4. The van der Waals surface area contributed by atoms with Crippen molar-refractivity contribution in [3.63, 3.8) is 0 Å². The Morgan fingerprint density at radius 3 is 2.67 bits per heavy atom. The van der Waals surface area contributed by atoms with Crippen LogP contribution in [-0.2, 0) is 0 Å². The molecule has 21 heavy (non-hydrogen) atoms. The van der Waals surface area contributed by atoms with Crippen LogP contribution in [0.4, 0.5) is 4.39 Å². The maximum Gasteiger partial charge on any atom is 0.162 e. The molecule has 0 radical (unpaired) electrons.